The van der Waals surface area contributed by atoms with Crippen molar-refractivity contribution in [2.24, 2.45) is 4.99 Å². The number of nitrogens with one attached hydrogen (secondary N) is 2. The van der Waals surface area contributed by atoms with E-state index in [0.29, 0.717) is 6.04 Å². The Morgan fingerprint density at radius 2 is 2.00 bits per heavy atom. The second-order valence-electron chi connectivity index (χ2n) is 5.13. The van der Waals surface area contributed by atoms with Crippen LogP contribution in [-0.2, 0) is 0 Å². The van der Waals surface area contributed by atoms with Gasteiger partial charge in [-0.3, -0.25) is 4.99 Å². The summed E-state index contributed by atoms with van der Waals surface area (Å²) in [4.78, 5) is 7.00. The Labute approximate surface area is 130 Å². The molecule has 0 aliphatic carbocycles. The average molecular weight is 303 g/mol. The average Bonchev–Trinajstić information content (AvgIpc) is 2.45. The van der Waals surface area contributed by atoms with Crippen LogP contribution < -0.4 is 10.6 Å². The van der Waals surface area contributed by atoms with Gasteiger partial charge in [-0.1, -0.05) is 6.92 Å². The molecule has 2 N–H and O–H groups in total. The zero-order valence-corrected chi connectivity index (χ0v) is 14.9. The molecule has 0 aliphatic heterocycles. The summed E-state index contributed by atoms with van der Waals surface area (Å²) in [6.07, 6.45) is 5.77. The van der Waals surface area contributed by atoms with Crippen LogP contribution in [0.4, 0.5) is 0 Å². The van der Waals surface area contributed by atoms with Gasteiger partial charge >= 0.3 is 0 Å². The van der Waals surface area contributed by atoms with Crippen LogP contribution >= 0.6 is 11.8 Å². The molecule has 0 aromatic rings. The fourth-order valence-corrected chi connectivity index (χ4v) is 2.27. The standard InChI is InChI=1S/C15H34N4S/c1-6-14(3)19(4)12-11-18-15(16-7-2)17-10-8-9-13-20-5/h14H,6-13H2,1-5H3,(H2,16,17,18). The molecule has 120 valence electrons. The maximum Gasteiger partial charge on any atom is 0.191 e. The van der Waals surface area contributed by atoms with Gasteiger partial charge in [-0.15, -0.1) is 0 Å². The maximum absolute atomic E-state index is 4.61. The van der Waals surface area contributed by atoms with Crippen LogP contribution in [0.15, 0.2) is 4.99 Å². The lowest BCUT2D eigenvalue weighted by Crippen LogP contribution is -2.42. The topological polar surface area (TPSA) is 39.7 Å². The summed E-state index contributed by atoms with van der Waals surface area (Å²) in [5, 5.41) is 6.72. The number of rotatable bonds is 11. The summed E-state index contributed by atoms with van der Waals surface area (Å²) in [6.45, 7) is 10.4. The maximum atomic E-state index is 4.61. The molecule has 0 aromatic heterocycles. The summed E-state index contributed by atoms with van der Waals surface area (Å²) in [5.74, 6) is 2.19. The Kier molecular flexibility index (Phi) is 13.3. The molecule has 1 unspecified atom stereocenters. The highest BCUT2D eigenvalue weighted by Gasteiger charge is 2.06. The van der Waals surface area contributed by atoms with Crippen molar-refractivity contribution in [1.82, 2.24) is 15.5 Å². The lowest BCUT2D eigenvalue weighted by atomic mass is 10.2. The van der Waals surface area contributed by atoms with Gasteiger partial charge in [-0.25, -0.2) is 0 Å². The van der Waals surface area contributed by atoms with E-state index in [4.69, 9.17) is 0 Å². The normalized spacial score (nSPS) is 13.6. The molecule has 0 aromatic carbocycles. The number of aliphatic imine (C=N–C) groups is 1. The predicted octanol–water partition coefficient (Wildman–Crippen LogP) is 2.42. The molecule has 0 bridgehead atoms. The fraction of sp³-hybridized carbons (Fsp3) is 0.933. The van der Waals surface area contributed by atoms with Crippen molar-refractivity contribution in [2.45, 2.75) is 46.1 Å². The Balaban J connectivity index is 3.91. The molecule has 0 amide bonds. The molecule has 0 aliphatic rings. The van der Waals surface area contributed by atoms with Crippen LogP contribution in [0.3, 0.4) is 0 Å². The number of unbranched alkanes of at least 4 members (excludes halogenated alkanes) is 1. The van der Waals surface area contributed by atoms with Gasteiger partial charge in [-0.2, -0.15) is 11.8 Å². The molecule has 20 heavy (non-hydrogen) atoms. The highest BCUT2D eigenvalue weighted by molar-refractivity contribution is 7.98. The summed E-state index contributed by atoms with van der Waals surface area (Å²) >= 11 is 1.91. The SMILES string of the molecule is CCNC(=NCCCCSC)NCCN(C)C(C)CC. The zero-order chi connectivity index (χ0) is 15.2. The Morgan fingerprint density at radius 3 is 2.60 bits per heavy atom. The van der Waals surface area contributed by atoms with Gasteiger partial charge in [0.1, 0.15) is 0 Å². The van der Waals surface area contributed by atoms with Crippen LogP contribution in [0, 0.1) is 0 Å². The summed E-state index contributed by atoms with van der Waals surface area (Å²) in [7, 11) is 2.18. The van der Waals surface area contributed by atoms with Gasteiger partial charge in [0.25, 0.3) is 0 Å². The van der Waals surface area contributed by atoms with Gasteiger partial charge in [0.2, 0.25) is 0 Å². The highest BCUT2D eigenvalue weighted by Crippen LogP contribution is 1.99. The zero-order valence-electron chi connectivity index (χ0n) is 14.0. The van der Waals surface area contributed by atoms with Crippen molar-refractivity contribution in [3.8, 4) is 0 Å². The van der Waals surface area contributed by atoms with E-state index >= 15 is 0 Å². The first-order chi connectivity index (χ1) is 9.65. The van der Waals surface area contributed by atoms with E-state index in [-0.39, 0.29) is 0 Å². The van der Waals surface area contributed by atoms with Crippen LogP contribution in [0.1, 0.15) is 40.0 Å². The summed E-state index contributed by atoms with van der Waals surface area (Å²) in [5.41, 5.74) is 0. The van der Waals surface area contributed by atoms with Crippen molar-refractivity contribution in [3.05, 3.63) is 0 Å². The molecular formula is C15H34N4S. The molecular weight excluding hydrogens is 268 g/mol. The van der Waals surface area contributed by atoms with E-state index in [1.165, 1.54) is 25.0 Å². The number of likely N-dealkylation sites (N-methyl/N-ethyl adjacent to an activating group) is 1. The van der Waals surface area contributed by atoms with Crippen LogP contribution in [0.25, 0.3) is 0 Å². The van der Waals surface area contributed by atoms with E-state index in [2.05, 4.69) is 54.6 Å². The minimum Gasteiger partial charge on any atom is -0.357 e. The lowest BCUT2D eigenvalue weighted by molar-refractivity contribution is 0.255. The van der Waals surface area contributed by atoms with E-state index in [9.17, 15) is 0 Å². The number of guanidine groups is 1. The highest BCUT2D eigenvalue weighted by atomic mass is 32.2. The third-order valence-electron chi connectivity index (χ3n) is 3.47. The molecule has 0 saturated carbocycles. The largest absolute Gasteiger partial charge is 0.357 e. The number of hydrogen-bond donors (Lipinski definition) is 2. The molecule has 5 heteroatoms. The van der Waals surface area contributed by atoms with Crippen molar-refractivity contribution in [3.63, 3.8) is 0 Å². The second-order valence-corrected chi connectivity index (χ2v) is 6.11. The van der Waals surface area contributed by atoms with Gasteiger partial charge in [0.15, 0.2) is 5.96 Å². The van der Waals surface area contributed by atoms with Crippen LogP contribution in [-0.4, -0.2) is 62.1 Å². The minimum absolute atomic E-state index is 0.642. The van der Waals surface area contributed by atoms with Gasteiger partial charge < -0.3 is 15.5 Å². The Morgan fingerprint density at radius 1 is 1.25 bits per heavy atom. The van der Waals surface area contributed by atoms with E-state index in [1.807, 2.05) is 11.8 Å². The lowest BCUT2D eigenvalue weighted by Gasteiger charge is -2.24. The molecule has 0 spiro atoms. The molecule has 4 nitrogen and oxygen atoms in total. The minimum atomic E-state index is 0.642. The van der Waals surface area contributed by atoms with Gasteiger partial charge in [0.05, 0.1) is 0 Å². The quantitative estimate of drug-likeness (QED) is 0.349. The van der Waals surface area contributed by atoms with Crippen LogP contribution in [0.2, 0.25) is 0 Å². The predicted molar refractivity (Wildman–Crippen MR) is 94.0 cm³/mol. The van der Waals surface area contributed by atoms with E-state index < -0.39 is 0 Å². The van der Waals surface area contributed by atoms with Crippen molar-refractivity contribution < 1.29 is 0 Å². The smallest absolute Gasteiger partial charge is 0.191 e. The summed E-state index contributed by atoms with van der Waals surface area (Å²) < 4.78 is 0. The monoisotopic (exact) mass is 302 g/mol. The molecule has 0 fully saturated rings. The number of nitrogens with zero attached hydrogens (tertiary/aromatic N) is 2. The number of thioether (sulfide) groups is 1. The van der Waals surface area contributed by atoms with Gasteiger partial charge in [-0.05, 0) is 52.2 Å². The third-order valence-corrected chi connectivity index (χ3v) is 4.17. The summed E-state index contributed by atoms with van der Waals surface area (Å²) in [6, 6.07) is 0.642. The van der Waals surface area contributed by atoms with Crippen LogP contribution in [0.5, 0.6) is 0 Å². The van der Waals surface area contributed by atoms with Crippen molar-refractivity contribution >= 4 is 17.7 Å². The van der Waals surface area contributed by atoms with Gasteiger partial charge in [0, 0.05) is 32.2 Å². The Bertz CT molecular complexity index is 246. The third kappa shape index (κ3) is 10.4. The molecule has 0 radical (unpaired) electrons. The fourth-order valence-electron chi connectivity index (χ4n) is 1.77. The number of hydrogen-bond acceptors (Lipinski definition) is 3. The first-order valence-electron chi connectivity index (χ1n) is 7.87. The first kappa shape index (κ1) is 19.6. The van der Waals surface area contributed by atoms with E-state index in [1.54, 1.807) is 0 Å². The first-order valence-corrected chi connectivity index (χ1v) is 9.26. The molecule has 1 atom stereocenters. The van der Waals surface area contributed by atoms with Crippen molar-refractivity contribution in [2.75, 3.05) is 45.2 Å². The van der Waals surface area contributed by atoms with Crippen molar-refractivity contribution in [1.29, 1.82) is 0 Å². The second kappa shape index (κ2) is 13.6. The molecule has 0 heterocycles. The molecule has 0 rings (SSSR count). The Hall–Kier alpha value is -0.420. The molecule has 0 saturated heterocycles. The van der Waals surface area contributed by atoms with E-state index in [0.717, 1.165) is 32.1 Å².